The minimum absolute atomic E-state index is 0.0495. The summed E-state index contributed by atoms with van der Waals surface area (Å²) in [5, 5.41) is 10.4. The second kappa shape index (κ2) is 9.18. The molecule has 0 aliphatic rings. The highest BCUT2D eigenvalue weighted by atomic mass is 32.2. The van der Waals surface area contributed by atoms with Crippen LogP contribution in [0, 0.1) is 0 Å². The van der Waals surface area contributed by atoms with E-state index in [0.29, 0.717) is 16.6 Å². The molecule has 3 nitrogen and oxygen atoms in total. The molecule has 0 bridgehead atoms. The Balaban J connectivity index is 4.42. The lowest BCUT2D eigenvalue weighted by Crippen LogP contribution is -1.97. The molecule has 0 fully saturated rings. The molecule has 0 amide bonds. The molecule has 0 saturated carbocycles. The van der Waals surface area contributed by atoms with Gasteiger partial charge in [0.1, 0.15) is 0 Å². The van der Waals surface area contributed by atoms with Crippen LogP contribution in [0.1, 0.15) is 13.3 Å². The molecule has 0 atom stereocenters. The van der Waals surface area contributed by atoms with Gasteiger partial charge in [0, 0.05) is 0 Å². The SMILES string of the molecule is C=C/C=C\C(=C\SC(=S)OCC)CC(=O)O. The summed E-state index contributed by atoms with van der Waals surface area (Å²) in [6.45, 7) is 5.87. The summed E-state index contributed by atoms with van der Waals surface area (Å²) in [7, 11) is 0. The van der Waals surface area contributed by atoms with Gasteiger partial charge in [0.05, 0.1) is 13.0 Å². The van der Waals surface area contributed by atoms with Gasteiger partial charge in [-0.15, -0.1) is 0 Å². The Morgan fingerprint density at radius 3 is 2.81 bits per heavy atom. The molecule has 0 aromatic rings. The molecule has 0 rings (SSSR count). The number of ether oxygens (including phenoxy) is 1. The van der Waals surface area contributed by atoms with Crippen LogP contribution in [-0.4, -0.2) is 22.1 Å². The van der Waals surface area contributed by atoms with Gasteiger partial charge in [-0.1, -0.05) is 24.8 Å². The van der Waals surface area contributed by atoms with Crippen molar-refractivity contribution in [3.05, 3.63) is 35.8 Å². The number of aliphatic carboxylic acids is 1. The molecule has 16 heavy (non-hydrogen) atoms. The van der Waals surface area contributed by atoms with E-state index in [-0.39, 0.29) is 6.42 Å². The second-order valence-corrected chi connectivity index (χ2v) is 4.13. The summed E-state index contributed by atoms with van der Waals surface area (Å²) in [5.74, 6) is -0.886. The van der Waals surface area contributed by atoms with Crippen LogP contribution in [-0.2, 0) is 9.53 Å². The van der Waals surface area contributed by atoms with Gasteiger partial charge < -0.3 is 9.84 Å². The van der Waals surface area contributed by atoms with Crippen LogP contribution in [0.5, 0.6) is 0 Å². The highest BCUT2D eigenvalue weighted by Crippen LogP contribution is 2.14. The Hall–Kier alpha value is -1.07. The van der Waals surface area contributed by atoms with Crippen LogP contribution >= 0.6 is 24.0 Å². The van der Waals surface area contributed by atoms with Crippen LogP contribution in [0.4, 0.5) is 0 Å². The maximum atomic E-state index is 10.6. The van der Waals surface area contributed by atoms with Gasteiger partial charge in [0.2, 0.25) is 4.38 Å². The third-order valence-electron chi connectivity index (χ3n) is 1.37. The monoisotopic (exact) mass is 258 g/mol. The highest BCUT2D eigenvalue weighted by Gasteiger charge is 2.02. The molecular weight excluding hydrogens is 244 g/mol. The minimum atomic E-state index is -0.886. The Labute approximate surface area is 105 Å². The Bertz CT molecular complexity index is 319. The van der Waals surface area contributed by atoms with Gasteiger partial charge in [0.15, 0.2) is 0 Å². The third kappa shape index (κ3) is 8.26. The normalized spacial score (nSPS) is 11.4. The van der Waals surface area contributed by atoms with Crippen molar-refractivity contribution >= 4 is 34.3 Å². The first-order valence-corrected chi connectivity index (χ1v) is 5.92. The van der Waals surface area contributed by atoms with Crippen LogP contribution in [0.2, 0.25) is 0 Å². The summed E-state index contributed by atoms with van der Waals surface area (Å²) in [6.07, 6.45) is 4.90. The van der Waals surface area contributed by atoms with Crippen molar-refractivity contribution in [3.8, 4) is 0 Å². The van der Waals surface area contributed by atoms with E-state index in [1.807, 2.05) is 6.92 Å². The topological polar surface area (TPSA) is 46.5 Å². The van der Waals surface area contributed by atoms with E-state index in [0.717, 1.165) is 0 Å². The standard InChI is InChI=1S/C11H14O3S2/c1-3-5-6-9(7-10(12)13)8-16-11(15)14-4-2/h3,5-6,8H,1,4,7H2,2H3,(H,12,13)/b6-5-,9-8-. The number of thiocarbonyl (C=S) groups is 1. The molecule has 0 radical (unpaired) electrons. The van der Waals surface area contributed by atoms with Gasteiger partial charge >= 0.3 is 5.97 Å². The van der Waals surface area contributed by atoms with E-state index < -0.39 is 5.97 Å². The number of carbonyl (C=O) groups is 1. The first kappa shape index (κ1) is 14.9. The van der Waals surface area contributed by atoms with Crippen molar-refractivity contribution in [2.24, 2.45) is 0 Å². The zero-order valence-corrected chi connectivity index (χ0v) is 10.6. The number of hydrogen-bond donors (Lipinski definition) is 1. The van der Waals surface area contributed by atoms with Crippen molar-refractivity contribution in [2.75, 3.05) is 6.61 Å². The lowest BCUT2D eigenvalue weighted by molar-refractivity contribution is -0.136. The molecule has 0 aliphatic carbocycles. The van der Waals surface area contributed by atoms with Crippen LogP contribution in [0.25, 0.3) is 0 Å². The fourth-order valence-corrected chi connectivity index (χ4v) is 1.64. The van der Waals surface area contributed by atoms with Crippen molar-refractivity contribution in [3.63, 3.8) is 0 Å². The second-order valence-electron chi connectivity index (χ2n) is 2.66. The Kier molecular flexibility index (Phi) is 8.56. The number of allylic oxidation sites excluding steroid dienone is 3. The number of rotatable bonds is 6. The summed E-state index contributed by atoms with van der Waals surface area (Å²) in [6, 6.07) is 0. The number of hydrogen-bond acceptors (Lipinski definition) is 4. The smallest absolute Gasteiger partial charge is 0.307 e. The summed E-state index contributed by atoms with van der Waals surface area (Å²) in [4.78, 5) is 10.6. The zero-order chi connectivity index (χ0) is 12.4. The highest BCUT2D eigenvalue weighted by molar-refractivity contribution is 8.24. The number of thioether (sulfide) groups is 1. The quantitative estimate of drug-likeness (QED) is 0.586. The summed E-state index contributed by atoms with van der Waals surface area (Å²) >= 11 is 6.10. The van der Waals surface area contributed by atoms with E-state index in [1.54, 1.807) is 23.6 Å². The van der Waals surface area contributed by atoms with Crippen molar-refractivity contribution in [2.45, 2.75) is 13.3 Å². The van der Waals surface area contributed by atoms with Crippen LogP contribution in [0.3, 0.4) is 0 Å². The van der Waals surface area contributed by atoms with Crippen molar-refractivity contribution in [1.29, 1.82) is 0 Å². The molecule has 0 aliphatic heterocycles. The number of carboxylic acid groups (broad SMARTS) is 1. The van der Waals surface area contributed by atoms with Gasteiger partial charge in [-0.25, -0.2) is 0 Å². The lowest BCUT2D eigenvalue weighted by Gasteiger charge is -2.01. The molecule has 1 N–H and O–H groups in total. The first-order chi connectivity index (χ1) is 7.60. The maximum absolute atomic E-state index is 10.6. The van der Waals surface area contributed by atoms with E-state index in [4.69, 9.17) is 22.1 Å². The molecule has 0 saturated heterocycles. The Morgan fingerprint density at radius 2 is 2.31 bits per heavy atom. The fraction of sp³-hybridized carbons (Fsp3) is 0.273. The molecule has 88 valence electrons. The van der Waals surface area contributed by atoms with Crippen LogP contribution < -0.4 is 0 Å². The average molecular weight is 258 g/mol. The van der Waals surface area contributed by atoms with E-state index in [1.165, 1.54) is 11.8 Å². The third-order valence-corrected chi connectivity index (χ3v) is 2.51. The van der Waals surface area contributed by atoms with E-state index in [2.05, 4.69) is 6.58 Å². The lowest BCUT2D eigenvalue weighted by atomic mass is 10.2. The van der Waals surface area contributed by atoms with Crippen LogP contribution in [0.15, 0.2) is 35.8 Å². The molecule has 5 heteroatoms. The molecule has 0 unspecified atom stereocenters. The van der Waals surface area contributed by atoms with Crippen molar-refractivity contribution in [1.82, 2.24) is 0 Å². The number of carboxylic acids is 1. The summed E-state index contributed by atoms with van der Waals surface area (Å²) < 4.78 is 5.45. The molecule has 0 heterocycles. The predicted molar refractivity (Wildman–Crippen MR) is 71.5 cm³/mol. The molecular formula is C11H14O3S2. The maximum Gasteiger partial charge on any atom is 0.307 e. The predicted octanol–water partition coefficient (Wildman–Crippen LogP) is 3.14. The molecule has 0 spiro atoms. The molecule has 0 aromatic heterocycles. The average Bonchev–Trinajstić information content (AvgIpc) is 2.22. The van der Waals surface area contributed by atoms with Gasteiger partial charge in [0.25, 0.3) is 0 Å². The van der Waals surface area contributed by atoms with Gasteiger partial charge in [-0.3, -0.25) is 4.79 Å². The van der Waals surface area contributed by atoms with E-state index >= 15 is 0 Å². The first-order valence-electron chi connectivity index (χ1n) is 4.63. The van der Waals surface area contributed by atoms with Crippen molar-refractivity contribution < 1.29 is 14.6 Å². The fourth-order valence-electron chi connectivity index (χ4n) is 0.782. The van der Waals surface area contributed by atoms with Gasteiger partial charge in [-0.2, -0.15) is 0 Å². The largest absolute Gasteiger partial charge is 0.481 e. The van der Waals surface area contributed by atoms with E-state index in [9.17, 15) is 4.79 Å². The summed E-state index contributed by atoms with van der Waals surface area (Å²) in [5.41, 5.74) is 0.652. The molecule has 0 aromatic carbocycles. The zero-order valence-electron chi connectivity index (χ0n) is 9.01. The minimum Gasteiger partial charge on any atom is -0.481 e. The van der Waals surface area contributed by atoms with Gasteiger partial charge in [-0.05, 0) is 41.9 Å². The Morgan fingerprint density at radius 1 is 1.62 bits per heavy atom.